The van der Waals surface area contributed by atoms with Gasteiger partial charge < -0.3 is 19.9 Å². The molecule has 7 nitrogen and oxygen atoms in total. The summed E-state index contributed by atoms with van der Waals surface area (Å²) in [7, 11) is 1.33. The van der Waals surface area contributed by atoms with Crippen molar-refractivity contribution in [3.05, 3.63) is 87.9 Å². The zero-order chi connectivity index (χ0) is 21.8. The summed E-state index contributed by atoms with van der Waals surface area (Å²) in [6, 6.07) is 15.9. The number of aromatic amines is 1. The number of methoxy groups -OCH3 is 1. The summed E-state index contributed by atoms with van der Waals surface area (Å²) in [5.41, 5.74) is 3.73. The molecule has 2 aromatic carbocycles. The number of H-pyrrole nitrogens is 1. The molecular weight excluding hydrogens is 460 g/mol. The highest BCUT2D eigenvalue weighted by molar-refractivity contribution is 9.10. The number of carbonyl (C=O) groups is 2. The van der Waals surface area contributed by atoms with E-state index in [-0.39, 0.29) is 12.1 Å². The molecule has 160 valence electrons. The van der Waals surface area contributed by atoms with Crippen LogP contribution in [0.3, 0.4) is 0 Å². The number of rotatable bonds is 5. The van der Waals surface area contributed by atoms with Gasteiger partial charge in [0.2, 0.25) is 0 Å². The van der Waals surface area contributed by atoms with Crippen molar-refractivity contribution in [1.82, 2.24) is 20.2 Å². The van der Waals surface area contributed by atoms with Gasteiger partial charge in [0.15, 0.2) is 0 Å². The molecule has 0 saturated heterocycles. The van der Waals surface area contributed by atoms with Gasteiger partial charge >= 0.3 is 12.0 Å². The second kappa shape index (κ2) is 9.34. The standard InChI is InChI=1S/C23H23BrN4O3/c1-31-22(29)19(13-15-5-3-2-4-6-15)27-23(30)28-12-11-18-20(26-14-25-18)21(28)16-7-9-17(24)10-8-16/h2-10,14,19,21H,11-13H2,1H3,(H,25,26)(H,27,30)/t19-,21+/m1/s1. The van der Waals surface area contributed by atoms with Crippen LogP contribution in [0.15, 0.2) is 65.4 Å². The minimum Gasteiger partial charge on any atom is -0.467 e. The van der Waals surface area contributed by atoms with E-state index in [0.717, 1.165) is 27.0 Å². The van der Waals surface area contributed by atoms with E-state index in [1.165, 1.54) is 7.11 Å². The Morgan fingerprint density at radius 3 is 2.68 bits per heavy atom. The summed E-state index contributed by atoms with van der Waals surface area (Å²) in [6.07, 6.45) is 2.67. The Hall–Kier alpha value is -3.13. The molecule has 3 aromatic rings. The Morgan fingerprint density at radius 1 is 1.23 bits per heavy atom. The van der Waals surface area contributed by atoms with Crippen LogP contribution in [0, 0.1) is 0 Å². The van der Waals surface area contributed by atoms with Crippen LogP contribution in [0.1, 0.15) is 28.6 Å². The fourth-order valence-corrected chi connectivity index (χ4v) is 4.16. The summed E-state index contributed by atoms with van der Waals surface area (Å²) >= 11 is 3.46. The number of nitrogens with one attached hydrogen (secondary N) is 2. The van der Waals surface area contributed by atoms with Gasteiger partial charge in [-0.1, -0.05) is 58.4 Å². The summed E-state index contributed by atoms with van der Waals surface area (Å²) in [6.45, 7) is 0.501. The van der Waals surface area contributed by atoms with Gasteiger partial charge in [-0.3, -0.25) is 0 Å². The summed E-state index contributed by atoms with van der Waals surface area (Å²) in [5, 5.41) is 2.89. The zero-order valence-electron chi connectivity index (χ0n) is 17.0. The van der Waals surface area contributed by atoms with E-state index in [2.05, 4.69) is 31.2 Å². The fourth-order valence-electron chi connectivity index (χ4n) is 3.90. The lowest BCUT2D eigenvalue weighted by Crippen LogP contribution is -2.52. The molecular formula is C23H23BrN4O3. The van der Waals surface area contributed by atoms with Crippen molar-refractivity contribution in [1.29, 1.82) is 0 Å². The first-order chi connectivity index (χ1) is 15.1. The Balaban J connectivity index is 1.60. The summed E-state index contributed by atoms with van der Waals surface area (Å²) in [5.74, 6) is -0.477. The van der Waals surface area contributed by atoms with Crippen LogP contribution in [0.4, 0.5) is 4.79 Å². The number of hydrogen-bond acceptors (Lipinski definition) is 4. The van der Waals surface area contributed by atoms with E-state index in [1.807, 2.05) is 54.6 Å². The number of urea groups is 1. The van der Waals surface area contributed by atoms with Gasteiger partial charge in [-0.15, -0.1) is 0 Å². The topological polar surface area (TPSA) is 87.3 Å². The number of imidazole rings is 1. The summed E-state index contributed by atoms with van der Waals surface area (Å²) in [4.78, 5) is 35.2. The Labute approximate surface area is 189 Å². The predicted octanol–water partition coefficient (Wildman–Crippen LogP) is 3.61. The van der Waals surface area contributed by atoms with Crippen molar-refractivity contribution in [2.75, 3.05) is 13.7 Å². The molecule has 2 amide bonds. The van der Waals surface area contributed by atoms with Crippen LogP contribution < -0.4 is 5.32 Å². The maximum absolute atomic E-state index is 13.4. The maximum Gasteiger partial charge on any atom is 0.328 e. The molecule has 0 radical (unpaired) electrons. The summed E-state index contributed by atoms with van der Waals surface area (Å²) < 4.78 is 5.90. The van der Waals surface area contributed by atoms with E-state index in [4.69, 9.17) is 4.74 Å². The van der Waals surface area contributed by atoms with Gasteiger partial charge in [0.25, 0.3) is 0 Å². The molecule has 0 bridgehead atoms. The number of benzene rings is 2. The molecule has 31 heavy (non-hydrogen) atoms. The highest BCUT2D eigenvalue weighted by Gasteiger charge is 2.35. The van der Waals surface area contributed by atoms with Crippen LogP contribution in [-0.2, 0) is 22.4 Å². The molecule has 1 aromatic heterocycles. The van der Waals surface area contributed by atoms with Crippen molar-refractivity contribution in [3.63, 3.8) is 0 Å². The molecule has 0 fully saturated rings. The number of nitrogens with zero attached hydrogens (tertiary/aromatic N) is 2. The Bertz CT molecular complexity index is 1050. The molecule has 0 spiro atoms. The van der Waals surface area contributed by atoms with E-state index in [1.54, 1.807) is 11.2 Å². The second-order valence-electron chi connectivity index (χ2n) is 7.38. The third kappa shape index (κ3) is 4.64. The molecule has 1 aliphatic rings. The highest BCUT2D eigenvalue weighted by atomic mass is 79.9. The number of carbonyl (C=O) groups excluding carboxylic acids is 2. The number of fused-ring (bicyclic) bond motifs is 1. The first-order valence-electron chi connectivity index (χ1n) is 10.0. The predicted molar refractivity (Wildman–Crippen MR) is 119 cm³/mol. The van der Waals surface area contributed by atoms with E-state index < -0.39 is 12.0 Å². The number of amides is 2. The Kier molecular flexibility index (Phi) is 6.36. The normalized spacial score (nSPS) is 16.3. The van der Waals surface area contributed by atoms with Crippen molar-refractivity contribution in [2.24, 2.45) is 0 Å². The largest absolute Gasteiger partial charge is 0.467 e. The smallest absolute Gasteiger partial charge is 0.328 e. The third-order valence-electron chi connectivity index (χ3n) is 5.44. The SMILES string of the molecule is COC(=O)[C@@H](Cc1ccccc1)NC(=O)N1CCc2[nH]cnc2[C@@H]1c1ccc(Br)cc1. The molecule has 2 atom stereocenters. The number of halogens is 1. The average Bonchev–Trinajstić information content (AvgIpc) is 3.27. The monoisotopic (exact) mass is 482 g/mol. The maximum atomic E-state index is 13.4. The number of ether oxygens (including phenoxy) is 1. The van der Waals surface area contributed by atoms with Gasteiger partial charge in [0.05, 0.1) is 19.1 Å². The van der Waals surface area contributed by atoms with Gasteiger partial charge in [-0.2, -0.15) is 0 Å². The lowest BCUT2D eigenvalue weighted by Gasteiger charge is -2.36. The highest BCUT2D eigenvalue weighted by Crippen LogP contribution is 2.34. The van der Waals surface area contributed by atoms with Gasteiger partial charge in [0, 0.05) is 29.6 Å². The Morgan fingerprint density at radius 2 is 1.97 bits per heavy atom. The fraction of sp³-hybridized carbons (Fsp3) is 0.261. The van der Waals surface area contributed by atoms with Crippen molar-refractivity contribution < 1.29 is 14.3 Å². The van der Waals surface area contributed by atoms with Crippen molar-refractivity contribution in [2.45, 2.75) is 24.9 Å². The van der Waals surface area contributed by atoms with Gasteiger partial charge in [0.1, 0.15) is 12.1 Å². The van der Waals surface area contributed by atoms with E-state index in [0.29, 0.717) is 19.4 Å². The molecule has 2 N–H and O–H groups in total. The molecule has 4 rings (SSSR count). The molecule has 0 aliphatic carbocycles. The second-order valence-corrected chi connectivity index (χ2v) is 8.29. The quantitative estimate of drug-likeness (QED) is 0.543. The first-order valence-corrected chi connectivity index (χ1v) is 10.8. The third-order valence-corrected chi connectivity index (χ3v) is 5.97. The van der Waals surface area contributed by atoms with Gasteiger partial charge in [-0.05, 0) is 23.3 Å². The lowest BCUT2D eigenvalue weighted by molar-refractivity contribution is -0.142. The van der Waals surface area contributed by atoms with E-state index in [9.17, 15) is 9.59 Å². The van der Waals surface area contributed by atoms with Crippen LogP contribution in [0.2, 0.25) is 0 Å². The van der Waals surface area contributed by atoms with Crippen LogP contribution in [-0.4, -0.2) is 46.6 Å². The molecule has 2 heterocycles. The molecule has 0 saturated carbocycles. The number of hydrogen-bond donors (Lipinski definition) is 2. The van der Waals surface area contributed by atoms with Crippen molar-refractivity contribution in [3.8, 4) is 0 Å². The van der Waals surface area contributed by atoms with Crippen molar-refractivity contribution >= 4 is 27.9 Å². The van der Waals surface area contributed by atoms with Crippen LogP contribution >= 0.6 is 15.9 Å². The average molecular weight is 483 g/mol. The zero-order valence-corrected chi connectivity index (χ0v) is 18.6. The number of aromatic nitrogens is 2. The van der Waals surface area contributed by atoms with Gasteiger partial charge in [-0.25, -0.2) is 14.6 Å². The minimum absolute atomic E-state index is 0.326. The molecule has 1 aliphatic heterocycles. The molecule has 0 unspecified atom stereocenters. The van der Waals surface area contributed by atoms with Crippen LogP contribution in [0.25, 0.3) is 0 Å². The van der Waals surface area contributed by atoms with E-state index >= 15 is 0 Å². The van der Waals surface area contributed by atoms with Crippen LogP contribution in [0.5, 0.6) is 0 Å². The first kappa shape index (κ1) is 21.1. The minimum atomic E-state index is -0.786. The molecule has 8 heteroatoms. The number of esters is 1. The lowest BCUT2D eigenvalue weighted by atomic mass is 9.96.